The highest BCUT2D eigenvalue weighted by Gasteiger charge is 2.35. The number of benzene rings is 3. The van der Waals surface area contributed by atoms with Crippen molar-refractivity contribution in [3.63, 3.8) is 0 Å². The van der Waals surface area contributed by atoms with Crippen LogP contribution in [0.1, 0.15) is 107 Å². The van der Waals surface area contributed by atoms with E-state index in [1.54, 1.807) is 43.3 Å². The minimum absolute atomic E-state index is 0.00722. The summed E-state index contributed by atoms with van der Waals surface area (Å²) in [5, 5.41) is 27.4. The number of nitrogens with zero attached hydrogens (tertiary/aromatic N) is 1. The number of carboxylic acid groups (broad SMARTS) is 1. The standard InChI is InChI=1S/C51H71N7O13S/c1-6-70-42-21-20-34-12-7-8-14-38(34)46(42)51(66)56-40(25-33-18-19-35(30-72(67,68)69)36(24-33)26-52-27-37-13-11-23-71-37)48(63)54-29-44(60)58-22-10-16-41(58)50(65)53-28-43(59)55-39(15-9-17-45(61)62)49(64)57-47(31(2)3)32(4)5/h7-8,12,14,18-21,24,31-32,37,39-41,47,52H,6,9-11,13,15-17,22-23,25-30H2,1-5H3,(H,53,65)(H,54,63)(H,55,59)(H,56,66)(H,57,64)(H,61,62)(H,67,68,69). The van der Waals surface area contributed by atoms with Crippen molar-refractivity contribution in [3.05, 3.63) is 76.9 Å². The van der Waals surface area contributed by atoms with Crippen molar-refractivity contribution in [2.75, 3.05) is 39.4 Å². The van der Waals surface area contributed by atoms with Gasteiger partial charge in [-0.1, -0.05) is 76.2 Å². The molecule has 8 N–H and O–H groups in total. The number of hydrogen-bond acceptors (Lipinski definition) is 12. The van der Waals surface area contributed by atoms with Crippen molar-refractivity contribution in [2.45, 2.75) is 129 Å². The first-order chi connectivity index (χ1) is 34.2. The number of likely N-dealkylation sites (tertiary alicyclic amines) is 1. The van der Waals surface area contributed by atoms with E-state index in [4.69, 9.17) is 9.47 Å². The van der Waals surface area contributed by atoms with Gasteiger partial charge < -0.3 is 51.4 Å². The quantitative estimate of drug-likeness (QED) is 0.0510. The molecular weight excluding hydrogens is 951 g/mol. The van der Waals surface area contributed by atoms with Crippen LogP contribution in [0.25, 0.3) is 10.8 Å². The summed E-state index contributed by atoms with van der Waals surface area (Å²) in [5.41, 5.74) is 1.59. The Morgan fingerprint density at radius 1 is 0.847 bits per heavy atom. The maximum absolute atomic E-state index is 14.4. The first kappa shape index (κ1) is 56.8. The molecule has 2 heterocycles. The smallest absolute Gasteiger partial charge is 0.303 e. The number of amides is 6. The van der Waals surface area contributed by atoms with Gasteiger partial charge in [-0.15, -0.1) is 0 Å². The average molecular weight is 1020 g/mol. The lowest BCUT2D eigenvalue weighted by Gasteiger charge is -2.29. The summed E-state index contributed by atoms with van der Waals surface area (Å²) in [6, 6.07) is 12.0. The van der Waals surface area contributed by atoms with E-state index in [-0.39, 0.29) is 87.1 Å². The van der Waals surface area contributed by atoms with Crippen LogP contribution in [0.3, 0.4) is 0 Å². The fourth-order valence-corrected chi connectivity index (χ4v) is 9.94. The predicted octanol–water partition coefficient (Wildman–Crippen LogP) is 3.00. The minimum atomic E-state index is -4.42. The number of carbonyl (C=O) groups is 7. The Hall–Kier alpha value is -6.16. The van der Waals surface area contributed by atoms with Gasteiger partial charge in [0.15, 0.2) is 0 Å². The summed E-state index contributed by atoms with van der Waals surface area (Å²) in [7, 11) is -4.42. The number of hydrogen-bond donors (Lipinski definition) is 8. The summed E-state index contributed by atoms with van der Waals surface area (Å²) in [6.07, 6.45) is 2.37. The zero-order chi connectivity index (χ0) is 52.5. The van der Waals surface area contributed by atoms with Gasteiger partial charge in [-0.2, -0.15) is 8.42 Å². The third-order valence-electron chi connectivity index (χ3n) is 12.8. The van der Waals surface area contributed by atoms with E-state index in [0.29, 0.717) is 41.6 Å². The second-order valence-corrected chi connectivity index (χ2v) is 20.5. The highest BCUT2D eigenvalue weighted by Crippen LogP contribution is 2.29. The van der Waals surface area contributed by atoms with Gasteiger partial charge in [0, 0.05) is 45.1 Å². The zero-order valence-corrected chi connectivity index (χ0v) is 42.6. The number of carboxylic acids is 1. The largest absolute Gasteiger partial charge is 0.493 e. The van der Waals surface area contributed by atoms with Gasteiger partial charge in [0.2, 0.25) is 29.5 Å². The molecule has 2 saturated heterocycles. The van der Waals surface area contributed by atoms with Crippen molar-refractivity contribution < 1.29 is 61.1 Å². The van der Waals surface area contributed by atoms with Crippen LogP contribution in [-0.2, 0) is 62.3 Å². The van der Waals surface area contributed by atoms with Gasteiger partial charge in [-0.25, -0.2) is 0 Å². The molecule has 4 atom stereocenters. The van der Waals surface area contributed by atoms with Gasteiger partial charge in [-0.3, -0.25) is 38.1 Å². The van der Waals surface area contributed by atoms with Crippen molar-refractivity contribution in [2.24, 2.45) is 11.8 Å². The first-order valence-corrected chi connectivity index (χ1v) is 26.3. The topological polar surface area (TPSA) is 288 Å². The summed E-state index contributed by atoms with van der Waals surface area (Å²) in [4.78, 5) is 95.0. The van der Waals surface area contributed by atoms with Crippen molar-refractivity contribution in [1.29, 1.82) is 0 Å². The molecule has 2 aliphatic heterocycles. The molecule has 2 fully saturated rings. The number of ether oxygens (including phenoxy) is 2. The Kier molecular flexibility index (Phi) is 21.3. The van der Waals surface area contributed by atoms with Crippen LogP contribution >= 0.6 is 0 Å². The summed E-state index contributed by atoms with van der Waals surface area (Å²) < 4.78 is 45.4. The van der Waals surface area contributed by atoms with Gasteiger partial charge in [0.1, 0.15) is 29.6 Å². The minimum Gasteiger partial charge on any atom is -0.493 e. The molecule has 0 aliphatic carbocycles. The second kappa shape index (κ2) is 27.0. The number of aliphatic carboxylic acids is 1. The highest BCUT2D eigenvalue weighted by molar-refractivity contribution is 7.85. The van der Waals surface area contributed by atoms with E-state index in [2.05, 4.69) is 31.9 Å². The fourth-order valence-electron chi connectivity index (χ4n) is 9.27. The van der Waals surface area contributed by atoms with E-state index >= 15 is 0 Å². The fraction of sp³-hybridized carbons (Fsp3) is 0.549. The van der Waals surface area contributed by atoms with Crippen LogP contribution in [0.5, 0.6) is 5.75 Å². The lowest BCUT2D eigenvalue weighted by Crippen LogP contribution is -2.55. The third kappa shape index (κ3) is 17.0. The molecule has 0 spiro atoms. The third-order valence-corrected chi connectivity index (χ3v) is 13.5. The molecule has 3 aromatic rings. The number of carbonyl (C=O) groups excluding carboxylic acids is 6. The van der Waals surface area contributed by atoms with Crippen LogP contribution < -0.4 is 36.6 Å². The molecule has 21 heteroatoms. The summed E-state index contributed by atoms with van der Waals surface area (Å²) in [6.45, 7) is 10.3. The predicted molar refractivity (Wildman–Crippen MR) is 268 cm³/mol. The molecule has 72 heavy (non-hydrogen) atoms. The van der Waals surface area contributed by atoms with E-state index < -0.39 is 88.5 Å². The molecule has 5 rings (SSSR count). The second-order valence-electron chi connectivity index (χ2n) is 19.0. The molecule has 2 aliphatic rings. The van der Waals surface area contributed by atoms with E-state index in [1.165, 1.54) is 4.90 Å². The Bertz CT molecular complexity index is 2510. The Labute approximate surface area is 421 Å². The Balaban J connectivity index is 1.30. The molecule has 6 amide bonds. The lowest BCUT2D eigenvalue weighted by atomic mass is 9.92. The molecule has 0 bridgehead atoms. The molecule has 20 nitrogen and oxygen atoms in total. The van der Waals surface area contributed by atoms with Gasteiger partial charge in [-0.05, 0) is 90.8 Å². The number of nitrogens with one attached hydrogen (secondary N) is 6. The first-order valence-electron chi connectivity index (χ1n) is 24.7. The highest BCUT2D eigenvalue weighted by atomic mass is 32.2. The van der Waals surface area contributed by atoms with Crippen LogP contribution in [0, 0.1) is 11.8 Å². The molecule has 394 valence electrons. The van der Waals surface area contributed by atoms with E-state index in [9.17, 15) is 51.6 Å². The maximum atomic E-state index is 14.4. The summed E-state index contributed by atoms with van der Waals surface area (Å²) in [5.74, 6) is -4.98. The maximum Gasteiger partial charge on any atom is 0.303 e. The lowest BCUT2D eigenvalue weighted by molar-refractivity contribution is -0.139. The Morgan fingerprint density at radius 3 is 2.28 bits per heavy atom. The van der Waals surface area contributed by atoms with Crippen LogP contribution in [-0.4, -0.2) is 134 Å². The van der Waals surface area contributed by atoms with Crippen LogP contribution in [0.2, 0.25) is 0 Å². The van der Waals surface area contributed by atoms with Crippen molar-refractivity contribution in [3.8, 4) is 5.75 Å². The van der Waals surface area contributed by atoms with Crippen LogP contribution in [0.15, 0.2) is 54.6 Å². The van der Waals surface area contributed by atoms with Gasteiger partial charge in [0.25, 0.3) is 16.0 Å². The molecular formula is C51H71N7O13S. The van der Waals surface area contributed by atoms with Gasteiger partial charge >= 0.3 is 5.97 Å². The zero-order valence-electron chi connectivity index (χ0n) is 41.8. The Morgan fingerprint density at radius 2 is 1.60 bits per heavy atom. The van der Waals surface area contributed by atoms with Gasteiger partial charge in [0.05, 0.1) is 31.4 Å². The molecule has 0 aromatic heterocycles. The SMILES string of the molecule is CCOc1ccc2ccccc2c1C(=O)NC(Cc1ccc(CS(=O)(=O)O)c(CNCC2CCCO2)c1)C(=O)NCC(=O)N1CCCC1C(=O)NCC(=O)NC(CCCC(=O)O)C(=O)NC(C(C)C)C(C)C. The average Bonchev–Trinajstić information content (AvgIpc) is 4.05. The van der Waals surface area contributed by atoms with Crippen molar-refractivity contribution >= 4 is 62.3 Å². The van der Waals surface area contributed by atoms with Crippen molar-refractivity contribution in [1.82, 2.24) is 36.8 Å². The van der Waals surface area contributed by atoms with E-state index in [0.717, 1.165) is 18.2 Å². The number of fused-ring (bicyclic) bond motifs is 1. The molecule has 4 unspecified atom stereocenters. The summed E-state index contributed by atoms with van der Waals surface area (Å²) >= 11 is 0. The number of rotatable bonds is 27. The molecule has 0 saturated carbocycles. The normalized spacial score (nSPS) is 16.7. The van der Waals surface area contributed by atoms with Crippen LogP contribution in [0.4, 0.5) is 0 Å². The van der Waals surface area contributed by atoms with E-state index in [1.807, 2.05) is 45.9 Å². The molecule has 3 aromatic carbocycles. The molecule has 0 radical (unpaired) electrons. The monoisotopic (exact) mass is 1020 g/mol.